The van der Waals surface area contributed by atoms with Gasteiger partial charge >= 0.3 is 0 Å². The lowest BCUT2D eigenvalue weighted by Gasteiger charge is -2.21. The van der Waals surface area contributed by atoms with Crippen molar-refractivity contribution in [1.82, 2.24) is 4.90 Å². The lowest BCUT2D eigenvalue weighted by Crippen LogP contribution is -2.31. The van der Waals surface area contributed by atoms with E-state index in [4.69, 9.17) is 16.3 Å². The molecule has 0 spiro atoms. The van der Waals surface area contributed by atoms with Gasteiger partial charge in [-0.05, 0) is 29.8 Å². The minimum absolute atomic E-state index is 0.0654. The highest BCUT2D eigenvalue weighted by molar-refractivity contribution is 6.34. The molecule has 2 rings (SSSR count). The maximum atomic E-state index is 12.2. The Kier molecular flexibility index (Phi) is 7.18. The number of hydrogen-bond donors (Lipinski definition) is 1. The van der Waals surface area contributed by atoms with E-state index in [1.165, 1.54) is 4.90 Å². The van der Waals surface area contributed by atoms with Gasteiger partial charge in [-0.1, -0.05) is 35.9 Å². The first kappa shape index (κ1) is 19.9. The van der Waals surface area contributed by atoms with E-state index in [0.29, 0.717) is 21.9 Å². The number of amides is 1. The number of ether oxygens (including phenoxy) is 1. The Balaban J connectivity index is 1.86. The normalized spacial score (nSPS) is 11.7. The van der Waals surface area contributed by atoms with Gasteiger partial charge in [-0.25, -0.2) is 0 Å². The summed E-state index contributed by atoms with van der Waals surface area (Å²) in [5, 5.41) is 10.7. The molecule has 1 atom stereocenters. The van der Waals surface area contributed by atoms with Crippen LogP contribution in [0.15, 0.2) is 48.5 Å². The molecule has 1 amide bonds. The number of aliphatic hydroxyl groups excluding tert-OH is 1. The summed E-state index contributed by atoms with van der Waals surface area (Å²) in [6.45, 7) is 0.144. The number of halogens is 1. The van der Waals surface area contributed by atoms with Gasteiger partial charge in [-0.3, -0.25) is 9.59 Å². The monoisotopic (exact) mass is 375 g/mol. The Hall–Kier alpha value is -2.37. The number of rotatable bonds is 8. The maximum absolute atomic E-state index is 12.2. The third-order valence-electron chi connectivity index (χ3n) is 4.11. The molecule has 5 nitrogen and oxygen atoms in total. The summed E-state index contributed by atoms with van der Waals surface area (Å²) in [5.74, 6) is 0.314. The molecule has 2 aromatic carbocycles. The molecule has 6 heteroatoms. The first-order valence-corrected chi connectivity index (χ1v) is 8.64. The van der Waals surface area contributed by atoms with Crippen molar-refractivity contribution in [1.29, 1.82) is 0 Å². The average molecular weight is 376 g/mol. The highest BCUT2D eigenvalue weighted by atomic mass is 35.5. The van der Waals surface area contributed by atoms with E-state index in [1.54, 1.807) is 62.7 Å². The Morgan fingerprint density at radius 3 is 2.38 bits per heavy atom. The number of carbonyl (C=O) groups excluding carboxylic acids is 2. The fraction of sp³-hybridized carbons (Fsp3) is 0.300. The Bertz CT molecular complexity index is 761. The van der Waals surface area contributed by atoms with E-state index in [-0.39, 0.29) is 31.1 Å². The highest BCUT2D eigenvalue weighted by Gasteiger charge is 2.17. The van der Waals surface area contributed by atoms with E-state index in [1.807, 2.05) is 0 Å². The molecular weight excluding hydrogens is 354 g/mol. The summed E-state index contributed by atoms with van der Waals surface area (Å²) in [5.41, 5.74) is 1.11. The van der Waals surface area contributed by atoms with Gasteiger partial charge in [0, 0.05) is 25.5 Å². The van der Waals surface area contributed by atoms with Crippen LogP contribution in [0.1, 0.15) is 34.9 Å². The fourth-order valence-corrected chi connectivity index (χ4v) is 2.77. The summed E-state index contributed by atoms with van der Waals surface area (Å²) in [6.07, 6.45) is -0.671. The average Bonchev–Trinajstić information content (AvgIpc) is 2.66. The number of benzene rings is 2. The van der Waals surface area contributed by atoms with Gasteiger partial charge in [0.15, 0.2) is 5.78 Å². The van der Waals surface area contributed by atoms with Crippen molar-refractivity contribution in [2.24, 2.45) is 0 Å². The molecule has 0 saturated heterocycles. The van der Waals surface area contributed by atoms with Crippen molar-refractivity contribution in [3.8, 4) is 5.75 Å². The summed E-state index contributed by atoms with van der Waals surface area (Å²) in [7, 11) is 3.18. The largest absolute Gasteiger partial charge is 0.497 e. The molecule has 2 aromatic rings. The van der Waals surface area contributed by atoms with Crippen molar-refractivity contribution in [2.75, 3.05) is 20.7 Å². The van der Waals surface area contributed by atoms with Crippen molar-refractivity contribution >= 4 is 23.3 Å². The molecule has 0 aromatic heterocycles. The number of aliphatic hydroxyl groups is 1. The van der Waals surface area contributed by atoms with Crippen molar-refractivity contribution in [3.63, 3.8) is 0 Å². The molecule has 0 bridgehead atoms. The summed E-state index contributed by atoms with van der Waals surface area (Å²) < 4.78 is 5.08. The van der Waals surface area contributed by atoms with E-state index < -0.39 is 6.10 Å². The zero-order chi connectivity index (χ0) is 19.1. The van der Waals surface area contributed by atoms with Crippen LogP contribution in [0.4, 0.5) is 0 Å². The number of methoxy groups -OCH3 is 1. The minimum atomic E-state index is -0.811. The molecule has 26 heavy (non-hydrogen) atoms. The van der Waals surface area contributed by atoms with E-state index in [0.717, 1.165) is 0 Å². The fourth-order valence-electron chi connectivity index (χ4n) is 2.53. The molecule has 0 heterocycles. The number of ketones is 1. The van der Waals surface area contributed by atoms with Crippen molar-refractivity contribution in [2.45, 2.75) is 18.9 Å². The first-order valence-electron chi connectivity index (χ1n) is 8.26. The van der Waals surface area contributed by atoms with E-state index in [2.05, 4.69) is 0 Å². The summed E-state index contributed by atoms with van der Waals surface area (Å²) in [4.78, 5) is 25.8. The number of hydrogen-bond acceptors (Lipinski definition) is 4. The van der Waals surface area contributed by atoms with Crippen LogP contribution in [0.25, 0.3) is 0 Å². The molecule has 0 saturated carbocycles. The quantitative estimate of drug-likeness (QED) is 0.717. The number of Topliss-reactive ketones (excluding diaryl/α,β-unsaturated/α-hetero) is 1. The van der Waals surface area contributed by atoms with Crippen LogP contribution in [-0.4, -0.2) is 42.4 Å². The molecular formula is C20H22ClNO4. The Morgan fingerprint density at radius 1 is 1.12 bits per heavy atom. The zero-order valence-electron chi connectivity index (χ0n) is 14.8. The smallest absolute Gasteiger partial charge is 0.222 e. The second-order valence-corrected chi connectivity index (χ2v) is 6.37. The molecule has 0 radical (unpaired) electrons. The van der Waals surface area contributed by atoms with Crippen LogP contribution in [0.5, 0.6) is 5.75 Å². The molecule has 138 valence electrons. The third-order valence-corrected chi connectivity index (χ3v) is 4.44. The van der Waals surface area contributed by atoms with Crippen LogP contribution in [0, 0.1) is 0 Å². The maximum Gasteiger partial charge on any atom is 0.222 e. The lowest BCUT2D eigenvalue weighted by molar-refractivity contribution is -0.131. The molecule has 0 fully saturated rings. The van der Waals surface area contributed by atoms with Crippen LogP contribution >= 0.6 is 11.6 Å². The van der Waals surface area contributed by atoms with Gasteiger partial charge in [0.25, 0.3) is 0 Å². The molecule has 0 aliphatic heterocycles. The van der Waals surface area contributed by atoms with E-state index in [9.17, 15) is 14.7 Å². The van der Waals surface area contributed by atoms with Gasteiger partial charge in [-0.15, -0.1) is 0 Å². The Morgan fingerprint density at radius 2 is 1.77 bits per heavy atom. The van der Waals surface area contributed by atoms with Crippen LogP contribution in [0.2, 0.25) is 5.02 Å². The zero-order valence-corrected chi connectivity index (χ0v) is 15.6. The van der Waals surface area contributed by atoms with Crippen LogP contribution in [-0.2, 0) is 4.79 Å². The number of nitrogens with zero attached hydrogens (tertiary/aromatic N) is 1. The first-order chi connectivity index (χ1) is 12.4. The third kappa shape index (κ3) is 5.31. The number of carbonyl (C=O) groups is 2. The summed E-state index contributed by atoms with van der Waals surface area (Å²) in [6, 6.07) is 13.8. The SMILES string of the molecule is COc1ccc(C(O)CN(C)C(=O)CCC(=O)c2ccccc2Cl)cc1. The van der Waals surface area contributed by atoms with Crippen LogP contribution in [0.3, 0.4) is 0 Å². The second-order valence-electron chi connectivity index (χ2n) is 5.97. The van der Waals surface area contributed by atoms with Gasteiger partial charge in [-0.2, -0.15) is 0 Å². The van der Waals surface area contributed by atoms with Gasteiger partial charge in [0.2, 0.25) is 5.91 Å². The minimum Gasteiger partial charge on any atom is -0.497 e. The van der Waals surface area contributed by atoms with Gasteiger partial charge < -0.3 is 14.7 Å². The molecule has 0 aliphatic rings. The number of likely N-dealkylation sites (N-methyl/N-ethyl adjacent to an activating group) is 1. The van der Waals surface area contributed by atoms with Crippen molar-refractivity contribution in [3.05, 3.63) is 64.7 Å². The molecule has 1 unspecified atom stereocenters. The van der Waals surface area contributed by atoms with E-state index >= 15 is 0 Å². The highest BCUT2D eigenvalue weighted by Crippen LogP contribution is 2.20. The van der Waals surface area contributed by atoms with Gasteiger partial charge in [0.05, 0.1) is 24.8 Å². The standard InChI is InChI=1S/C20H22ClNO4/c1-22(13-19(24)14-7-9-15(26-2)10-8-14)20(25)12-11-18(23)16-5-3-4-6-17(16)21/h3-10,19,24H,11-13H2,1-2H3. The lowest BCUT2D eigenvalue weighted by atomic mass is 10.1. The topological polar surface area (TPSA) is 66.8 Å². The van der Waals surface area contributed by atoms with Gasteiger partial charge in [0.1, 0.15) is 5.75 Å². The Labute approximate surface area is 158 Å². The second kappa shape index (κ2) is 9.36. The predicted molar refractivity (Wildman–Crippen MR) is 101 cm³/mol. The van der Waals surface area contributed by atoms with Crippen LogP contribution < -0.4 is 4.74 Å². The van der Waals surface area contributed by atoms with Crippen molar-refractivity contribution < 1.29 is 19.4 Å². The summed E-state index contributed by atoms with van der Waals surface area (Å²) >= 11 is 6.00. The predicted octanol–water partition coefficient (Wildman–Crippen LogP) is 3.50. The molecule has 1 N–H and O–H groups in total. The molecule has 0 aliphatic carbocycles.